The Morgan fingerprint density at radius 3 is 3.12 bits per heavy atom. The van der Waals surface area contributed by atoms with E-state index >= 15 is 0 Å². The van der Waals surface area contributed by atoms with Gasteiger partial charge in [0.2, 0.25) is 5.91 Å². The van der Waals surface area contributed by atoms with Crippen molar-refractivity contribution in [1.82, 2.24) is 15.2 Å². The van der Waals surface area contributed by atoms with Crippen LogP contribution in [0.4, 0.5) is 5.69 Å². The molecule has 0 radical (unpaired) electrons. The number of carbonyl (C=O) groups is 1. The van der Waals surface area contributed by atoms with Gasteiger partial charge in [0, 0.05) is 24.5 Å². The van der Waals surface area contributed by atoms with Gasteiger partial charge in [0.05, 0.1) is 35.2 Å². The van der Waals surface area contributed by atoms with Crippen molar-refractivity contribution in [3.63, 3.8) is 0 Å². The average Bonchev–Trinajstić information content (AvgIpc) is 3.23. The quantitative estimate of drug-likeness (QED) is 0.792. The van der Waals surface area contributed by atoms with E-state index in [9.17, 15) is 4.79 Å². The highest BCUT2D eigenvalue weighted by Crippen LogP contribution is 2.50. The molecule has 2 bridgehead atoms. The summed E-state index contributed by atoms with van der Waals surface area (Å²) in [6, 6.07) is 3.76. The third-order valence-corrected chi connectivity index (χ3v) is 5.26. The first-order valence-electron chi connectivity index (χ1n) is 8.25. The van der Waals surface area contributed by atoms with Gasteiger partial charge in [0.25, 0.3) is 0 Å². The summed E-state index contributed by atoms with van der Waals surface area (Å²) in [6.45, 7) is 0.919. The summed E-state index contributed by atoms with van der Waals surface area (Å²) in [6.07, 6.45) is 8.53. The first kappa shape index (κ1) is 15.3. The number of aromatic nitrogens is 3. The van der Waals surface area contributed by atoms with Gasteiger partial charge in [-0.2, -0.15) is 5.10 Å². The monoisotopic (exact) mass is 327 g/mol. The van der Waals surface area contributed by atoms with Gasteiger partial charge in [-0.1, -0.05) is 0 Å². The van der Waals surface area contributed by atoms with Crippen molar-refractivity contribution in [2.45, 2.75) is 31.3 Å². The van der Waals surface area contributed by atoms with E-state index in [4.69, 9.17) is 10.5 Å². The zero-order valence-corrected chi connectivity index (χ0v) is 13.4. The second-order valence-electron chi connectivity index (χ2n) is 6.87. The molecule has 0 aromatic carbocycles. The number of nitrogens with one attached hydrogen (secondary N) is 2. The Kier molecular flexibility index (Phi) is 3.62. The number of rotatable bonds is 4. The lowest BCUT2D eigenvalue weighted by Gasteiger charge is -2.35. The van der Waals surface area contributed by atoms with E-state index in [-0.39, 0.29) is 11.5 Å². The molecule has 2 aromatic heterocycles. The number of nitrogens with zero attached hydrogens (tertiary/aromatic N) is 2. The van der Waals surface area contributed by atoms with Crippen LogP contribution in [-0.2, 0) is 9.53 Å². The van der Waals surface area contributed by atoms with Crippen molar-refractivity contribution in [2.24, 2.45) is 11.1 Å². The predicted molar refractivity (Wildman–Crippen MR) is 89.1 cm³/mol. The van der Waals surface area contributed by atoms with Gasteiger partial charge in [-0.15, -0.1) is 0 Å². The van der Waals surface area contributed by atoms with Gasteiger partial charge < -0.3 is 15.8 Å². The molecule has 24 heavy (non-hydrogen) atoms. The SMILES string of the molecule is NCC12CCCC(C(=O)Nc3cncc(-c4ccn[nH]4)c3)(CO1)C2. The van der Waals surface area contributed by atoms with E-state index in [2.05, 4.69) is 20.5 Å². The molecule has 7 nitrogen and oxygen atoms in total. The molecule has 2 aromatic rings. The van der Waals surface area contributed by atoms with Crippen molar-refractivity contribution >= 4 is 11.6 Å². The molecular formula is C17H21N5O2. The van der Waals surface area contributed by atoms with Crippen molar-refractivity contribution < 1.29 is 9.53 Å². The summed E-state index contributed by atoms with van der Waals surface area (Å²) < 4.78 is 5.94. The Balaban J connectivity index is 1.54. The Morgan fingerprint density at radius 1 is 1.42 bits per heavy atom. The summed E-state index contributed by atoms with van der Waals surface area (Å²) >= 11 is 0. The number of amides is 1. The minimum Gasteiger partial charge on any atom is -0.373 e. The molecule has 1 amide bonds. The maximum atomic E-state index is 12.9. The second kappa shape index (κ2) is 5.68. The standard InChI is InChI=1S/C17H21N5O2/c18-10-17-4-1-3-16(9-17,11-24-17)15(23)21-13-6-12(7-19-8-13)14-2-5-20-22-14/h2,5-8H,1,3-4,9-11,18H2,(H,20,22)(H,21,23). The van der Waals surface area contributed by atoms with E-state index in [1.165, 1.54) is 0 Å². The molecule has 4 rings (SSSR count). The molecule has 7 heteroatoms. The summed E-state index contributed by atoms with van der Waals surface area (Å²) in [5, 5.41) is 9.86. The van der Waals surface area contributed by atoms with Crippen LogP contribution < -0.4 is 11.1 Å². The first-order chi connectivity index (χ1) is 11.6. The molecule has 2 atom stereocenters. The first-order valence-corrected chi connectivity index (χ1v) is 8.25. The maximum absolute atomic E-state index is 12.9. The van der Waals surface area contributed by atoms with Crippen LogP contribution in [0.5, 0.6) is 0 Å². The van der Waals surface area contributed by atoms with Crippen molar-refractivity contribution in [2.75, 3.05) is 18.5 Å². The highest BCUT2D eigenvalue weighted by atomic mass is 16.5. The Hall–Kier alpha value is -2.25. The molecule has 1 aliphatic heterocycles. The fourth-order valence-corrected chi connectivity index (χ4v) is 3.91. The van der Waals surface area contributed by atoms with Crippen molar-refractivity contribution in [3.05, 3.63) is 30.7 Å². The lowest BCUT2D eigenvalue weighted by Crippen LogP contribution is -2.44. The van der Waals surface area contributed by atoms with Crippen LogP contribution in [0.25, 0.3) is 11.3 Å². The molecule has 2 fully saturated rings. The van der Waals surface area contributed by atoms with Crippen LogP contribution in [0.1, 0.15) is 25.7 Å². The van der Waals surface area contributed by atoms with Crippen molar-refractivity contribution in [3.8, 4) is 11.3 Å². The summed E-state index contributed by atoms with van der Waals surface area (Å²) in [5.74, 6) is 0.00101. The number of aromatic amines is 1. The minimum absolute atomic E-state index is 0.00101. The van der Waals surface area contributed by atoms with Gasteiger partial charge in [-0.05, 0) is 37.8 Å². The Labute approximate surface area is 140 Å². The molecule has 3 heterocycles. The zero-order chi connectivity index (χ0) is 16.6. The van der Waals surface area contributed by atoms with Crippen LogP contribution in [0.15, 0.2) is 30.7 Å². The number of anilines is 1. The molecule has 2 unspecified atom stereocenters. The average molecular weight is 327 g/mol. The lowest BCUT2D eigenvalue weighted by molar-refractivity contribution is -0.126. The highest BCUT2D eigenvalue weighted by molar-refractivity contribution is 5.96. The highest BCUT2D eigenvalue weighted by Gasteiger charge is 2.55. The maximum Gasteiger partial charge on any atom is 0.233 e. The van der Waals surface area contributed by atoms with Gasteiger partial charge in [-0.3, -0.25) is 14.9 Å². The van der Waals surface area contributed by atoms with Crippen molar-refractivity contribution in [1.29, 1.82) is 0 Å². The summed E-state index contributed by atoms with van der Waals surface area (Å²) in [7, 11) is 0. The third kappa shape index (κ3) is 2.50. The number of fused-ring (bicyclic) bond motifs is 2. The normalized spacial score (nSPS) is 28.7. The van der Waals surface area contributed by atoms with Gasteiger partial charge >= 0.3 is 0 Å². The predicted octanol–water partition coefficient (Wildman–Crippen LogP) is 1.70. The third-order valence-electron chi connectivity index (χ3n) is 5.26. The number of H-pyrrole nitrogens is 1. The van der Waals surface area contributed by atoms with E-state index in [0.29, 0.717) is 25.3 Å². The number of ether oxygens (including phenoxy) is 1. The Morgan fingerprint density at radius 2 is 2.33 bits per heavy atom. The van der Waals surface area contributed by atoms with E-state index in [1.807, 2.05) is 12.1 Å². The van der Waals surface area contributed by atoms with Crippen LogP contribution in [0, 0.1) is 5.41 Å². The molecule has 1 saturated heterocycles. The largest absolute Gasteiger partial charge is 0.373 e. The topological polar surface area (TPSA) is 106 Å². The smallest absolute Gasteiger partial charge is 0.233 e. The summed E-state index contributed by atoms with van der Waals surface area (Å²) in [5.41, 5.74) is 7.52. The molecule has 4 N–H and O–H groups in total. The van der Waals surface area contributed by atoms with Gasteiger partial charge in [0.1, 0.15) is 0 Å². The number of carbonyl (C=O) groups excluding carboxylic acids is 1. The second-order valence-corrected chi connectivity index (χ2v) is 6.87. The fraction of sp³-hybridized carbons (Fsp3) is 0.471. The van der Waals surface area contributed by atoms with Crippen LogP contribution in [0.2, 0.25) is 0 Å². The minimum atomic E-state index is -0.471. The number of nitrogens with two attached hydrogens (primary N) is 1. The van der Waals surface area contributed by atoms with Crippen LogP contribution in [0.3, 0.4) is 0 Å². The van der Waals surface area contributed by atoms with Crippen LogP contribution in [-0.4, -0.2) is 39.8 Å². The van der Waals surface area contributed by atoms with Gasteiger partial charge in [0.15, 0.2) is 0 Å². The molecule has 2 aliphatic rings. The van der Waals surface area contributed by atoms with E-state index in [0.717, 1.165) is 30.5 Å². The molecular weight excluding hydrogens is 306 g/mol. The van der Waals surface area contributed by atoms with Gasteiger partial charge in [-0.25, -0.2) is 0 Å². The van der Waals surface area contributed by atoms with Crippen LogP contribution >= 0.6 is 0 Å². The summed E-state index contributed by atoms with van der Waals surface area (Å²) in [4.78, 5) is 17.1. The molecule has 1 aliphatic carbocycles. The lowest BCUT2D eigenvalue weighted by atomic mass is 9.70. The molecule has 1 saturated carbocycles. The number of hydrogen-bond donors (Lipinski definition) is 3. The Bertz CT molecular complexity index is 747. The van der Waals surface area contributed by atoms with E-state index in [1.54, 1.807) is 18.6 Å². The fourth-order valence-electron chi connectivity index (χ4n) is 3.91. The zero-order valence-electron chi connectivity index (χ0n) is 13.4. The number of pyridine rings is 1. The molecule has 126 valence electrons. The molecule has 0 spiro atoms. The number of hydrogen-bond acceptors (Lipinski definition) is 5. The van der Waals surface area contributed by atoms with E-state index < -0.39 is 5.41 Å².